The number of carboxylic acid groups (broad SMARTS) is 1. The van der Waals surface area contributed by atoms with E-state index in [1.54, 1.807) is 28.0 Å². The average Bonchev–Trinajstić information content (AvgIpc) is 3.15. The number of thioether (sulfide) groups is 1. The van der Waals surface area contributed by atoms with Gasteiger partial charge in [0.05, 0.1) is 5.75 Å². The normalized spacial score (nSPS) is 11.3. The topological polar surface area (TPSA) is 80.4 Å². The summed E-state index contributed by atoms with van der Waals surface area (Å²) >= 11 is 2.82. The molecule has 8 heteroatoms. The van der Waals surface area contributed by atoms with Gasteiger partial charge in [0, 0.05) is 21.0 Å². The Labute approximate surface area is 138 Å². The van der Waals surface area contributed by atoms with Gasteiger partial charge in [0.1, 0.15) is 5.03 Å². The second kappa shape index (κ2) is 5.64. The first-order valence-corrected chi connectivity index (χ1v) is 8.62. The van der Waals surface area contributed by atoms with Gasteiger partial charge in [-0.05, 0) is 18.2 Å². The highest BCUT2D eigenvalue weighted by atomic mass is 32.2. The molecule has 1 aromatic carbocycles. The predicted molar refractivity (Wildman–Crippen MR) is 90.0 cm³/mol. The lowest BCUT2D eigenvalue weighted by Crippen LogP contribution is -2.00. The fraction of sp³-hybridized carbons (Fsp3) is 0.0667. The maximum absolute atomic E-state index is 10.7. The summed E-state index contributed by atoms with van der Waals surface area (Å²) in [7, 11) is 0. The molecule has 3 heterocycles. The quantitative estimate of drug-likeness (QED) is 0.574. The molecule has 1 N–H and O–H groups in total. The van der Waals surface area contributed by atoms with Gasteiger partial charge in [0.15, 0.2) is 11.5 Å². The van der Waals surface area contributed by atoms with Crippen LogP contribution in [0.5, 0.6) is 0 Å². The Morgan fingerprint density at radius 3 is 2.96 bits per heavy atom. The van der Waals surface area contributed by atoms with Crippen LogP contribution in [0.4, 0.5) is 0 Å². The van der Waals surface area contributed by atoms with Crippen LogP contribution in [0.2, 0.25) is 0 Å². The Morgan fingerprint density at radius 1 is 1.22 bits per heavy atom. The van der Waals surface area contributed by atoms with Gasteiger partial charge in [-0.2, -0.15) is 9.61 Å². The maximum Gasteiger partial charge on any atom is 0.313 e. The molecule has 0 saturated heterocycles. The van der Waals surface area contributed by atoms with E-state index in [1.807, 2.05) is 23.6 Å². The highest BCUT2D eigenvalue weighted by molar-refractivity contribution is 7.99. The zero-order valence-electron chi connectivity index (χ0n) is 11.7. The summed E-state index contributed by atoms with van der Waals surface area (Å²) in [6, 6.07) is 11.7. The Morgan fingerprint density at radius 2 is 2.09 bits per heavy atom. The van der Waals surface area contributed by atoms with Crippen LogP contribution in [-0.2, 0) is 4.79 Å². The van der Waals surface area contributed by atoms with E-state index in [0.717, 1.165) is 10.9 Å². The van der Waals surface area contributed by atoms with E-state index in [1.165, 1.54) is 16.5 Å². The molecule has 0 radical (unpaired) electrons. The Bertz CT molecular complexity index is 1020. The fourth-order valence-electron chi connectivity index (χ4n) is 2.30. The van der Waals surface area contributed by atoms with Gasteiger partial charge >= 0.3 is 5.97 Å². The lowest BCUT2D eigenvalue weighted by Gasteiger charge is -2.01. The molecule has 0 saturated carbocycles. The standard InChI is InChI=1S/C15H10N4O2S2/c20-14(21)8-23-13-6-5-12-16-17-15(19(12)18-13)10-7-22-11-4-2-1-3-9(10)11/h1-7H,8H2,(H,20,21). The zero-order valence-corrected chi connectivity index (χ0v) is 13.3. The number of rotatable bonds is 4. The molecule has 0 unspecified atom stereocenters. The van der Waals surface area contributed by atoms with Crippen LogP contribution in [0.3, 0.4) is 0 Å². The van der Waals surface area contributed by atoms with Crippen molar-refractivity contribution in [3.05, 3.63) is 41.8 Å². The van der Waals surface area contributed by atoms with Crippen molar-refractivity contribution in [2.45, 2.75) is 5.03 Å². The molecule has 23 heavy (non-hydrogen) atoms. The first-order chi connectivity index (χ1) is 11.2. The SMILES string of the molecule is O=C(O)CSc1ccc2nnc(-c3csc4ccccc34)n2n1. The molecule has 0 fully saturated rings. The van der Waals surface area contributed by atoms with Crippen molar-refractivity contribution in [2.24, 2.45) is 0 Å². The van der Waals surface area contributed by atoms with Crippen molar-refractivity contribution in [1.82, 2.24) is 19.8 Å². The van der Waals surface area contributed by atoms with E-state index in [2.05, 4.69) is 21.4 Å². The number of hydrogen-bond acceptors (Lipinski definition) is 6. The second-order valence-corrected chi connectivity index (χ2v) is 6.70. The third kappa shape index (κ3) is 2.55. The smallest absolute Gasteiger partial charge is 0.313 e. The van der Waals surface area contributed by atoms with E-state index >= 15 is 0 Å². The fourth-order valence-corrected chi connectivity index (χ4v) is 3.82. The predicted octanol–water partition coefficient (Wildman–Crippen LogP) is 3.18. The summed E-state index contributed by atoms with van der Waals surface area (Å²) in [4.78, 5) is 10.7. The van der Waals surface area contributed by atoms with E-state index in [4.69, 9.17) is 5.11 Å². The van der Waals surface area contributed by atoms with Crippen LogP contribution in [0.15, 0.2) is 46.8 Å². The molecule has 0 atom stereocenters. The van der Waals surface area contributed by atoms with Crippen LogP contribution >= 0.6 is 23.1 Å². The number of fused-ring (bicyclic) bond motifs is 2. The summed E-state index contributed by atoms with van der Waals surface area (Å²) in [5, 5.41) is 25.4. The first-order valence-electron chi connectivity index (χ1n) is 6.76. The average molecular weight is 342 g/mol. The molecular weight excluding hydrogens is 332 g/mol. The van der Waals surface area contributed by atoms with Crippen LogP contribution in [0, 0.1) is 0 Å². The molecule has 0 aliphatic heterocycles. The molecule has 3 aromatic heterocycles. The number of nitrogens with zero attached hydrogens (tertiary/aromatic N) is 4. The number of carbonyl (C=O) groups is 1. The molecule has 0 spiro atoms. The molecular formula is C15H10N4O2S2. The Hall–Kier alpha value is -2.45. The van der Waals surface area contributed by atoms with Gasteiger partial charge in [-0.25, -0.2) is 0 Å². The second-order valence-electron chi connectivity index (χ2n) is 4.79. The van der Waals surface area contributed by atoms with Crippen molar-refractivity contribution >= 4 is 44.8 Å². The minimum atomic E-state index is -0.871. The highest BCUT2D eigenvalue weighted by Crippen LogP contribution is 2.32. The molecule has 4 rings (SSSR count). The van der Waals surface area contributed by atoms with Crippen molar-refractivity contribution in [3.63, 3.8) is 0 Å². The zero-order chi connectivity index (χ0) is 15.8. The third-order valence-electron chi connectivity index (χ3n) is 3.30. The summed E-state index contributed by atoms with van der Waals surface area (Å²) in [5.74, 6) is -0.239. The largest absolute Gasteiger partial charge is 0.481 e. The van der Waals surface area contributed by atoms with Gasteiger partial charge < -0.3 is 5.11 Å². The molecule has 6 nitrogen and oxygen atoms in total. The maximum atomic E-state index is 10.7. The van der Waals surface area contributed by atoms with Crippen molar-refractivity contribution in [1.29, 1.82) is 0 Å². The van der Waals surface area contributed by atoms with Crippen LogP contribution < -0.4 is 0 Å². The van der Waals surface area contributed by atoms with Crippen molar-refractivity contribution in [3.8, 4) is 11.4 Å². The highest BCUT2D eigenvalue weighted by Gasteiger charge is 2.14. The molecule has 114 valence electrons. The lowest BCUT2D eigenvalue weighted by atomic mass is 10.2. The summed E-state index contributed by atoms with van der Waals surface area (Å²) in [6.45, 7) is 0. The first kappa shape index (κ1) is 14.2. The van der Waals surface area contributed by atoms with Gasteiger partial charge in [-0.3, -0.25) is 4.79 Å². The van der Waals surface area contributed by atoms with Crippen LogP contribution in [0.1, 0.15) is 0 Å². The molecule has 4 aromatic rings. The number of benzene rings is 1. The van der Waals surface area contributed by atoms with E-state index in [9.17, 15) is 4.79 Å². The molecule has 0 bridgehead atoms. The van der Waals surface area contributed by atoms with E-state index < -0.39 is 5.97 Å². The van der Waals surface area contributed by atoms with Gasteiger partial charge in [0.25, 0.3) is 0 Å². The lowest BCUT2D eigenvalue weighted by molar-refractivity contribution is -0.133. The number of hydrogen-bond donors (Lipinski definition) is 1. The summed E-state index contributed by atoms with van der Waals surface area (Å²) in [6.07, 6.45) is 0. The molecule has 0 aliphatic carbocycles. The monoisotopic (exact) mass is 342 g/mol. The third-order valence-corrected chi connectivity index (χ3v) is 5.17. The summed E-state index contributed by atoms with van der Waals surface area (Å²) < 4.78 is 2.84. The van der Waals surface area contributed by atoms with Crippen molar-refractivity contribution in [2.75, 3.05) is 5.75 Å². The number of aromatic nitrogens is 4. The Balaban J connectivity index is 1.83. The number of carboxylic acids is 1. The molecule has 0 aliphatic rings. The summed E-state index contributed by atoms with van der Waals surface area (Å²) in [5.41, 5.74) is 1.61. The van der Waals surface area contributed by atoms with Crippen LogP contribution in [0.25, 0.3) is 27.1 Å². The Kier molecular flexibility index (Phi) is 3.47. The minimum absolute atomic E-state index is 0.0304. The number of thiophene rings is 1. The van der Waals surface area contributed by atoms with E-state index in [-0.39, 0.29) is 5.75 Å². The minimum Gasteiger partial charge on any atom is -0.481 e. The number of aliphatic carboxylic acids is 1. The van der Waals surface area contributed by atoms with Gasteiger partial charge in [-0.1, -0.05) is 30.0 Å². The van der Waals surface area contributed by atoms with Gasteiger partial charge in [0.2, 0.25) is 0 Å². The van der Waals surface area contributed by atoms with Gasteiger partial charge in [-0.15, -0.1) is 21.5 Å². The van der Waals surface area contributed by atoms with Crippen LogP contribution in [-0.4, -0.2) is 36.6 Å². The molecule has 0 amide bonds. The van der Waals surface area contributed by atoms with Crippen molar-refractivity contribution < 1.29 is 9.90 Å². The van der Waals surface area contributed by atoms with E-state index in [0.29, 0.717) is 16.5 Å².